The van der Waals surface area contributed by atoms with Gasteiger partial charge in [0.1, 0.15) is 18.7 Å². The van der Waals surface area contributed by atoms with E-state index in [-0.39, 0.29) is 12.3 Å². The monoisotopic (exact) mass is 216 g/mol. The van der Waals surface area contributed by atoms with E-state index in [1.165, 1.54) is 0 Å². The Morgan fingerprint density at radius 3 is 1.62 bits per heavy atom. The van der Waals surface area contributed by atoms with Crippen LogP contribution >= 0.6 is 0 Å². The Balaban J connectivity index is 1.82. The van der Waals surface area contributed by atoms with E-state index in [0.29, 0.717) is 0 Å². The van der Waals surface area contributed by atoms with Crippen LogP contribution in [0.5, 0.6) is 0 Å². The van der Waals surface area contributed by atoms with Gasteiger partial charge in [0, 0.05) is 24.8 Å². The molecule has 6 nitrogen and oxygen atoms in total. The van der Waals surface area contributed by atoms with Crippen LogP contribution in [0.1, 0.15) is 23.7 Å². The maximum absolute atomic E-state index is 4.24. The average Bonchev–Trinajstić information content (AvgIpc) is 3.03. The summed E-state index contributed by atoms with van der Waals surface area (Å²) < 4.78 is 0. The predicted octanol–water partition coefficient (Wildman–Crippen LogP) is -0.198. The van der Waals surface area contributed by atoms with Gasteiger partial charge >= 0.3 is 0 Å². The van der Waals surface area contributed by atoms with E-state index < -0.39 is 0 Å². The van der Waals surface area contributed by atoms with Gasteiger partial charge in [0.2, 0.25) is 0 Å². The van der Waals surface area contributed by atoms with Crippen molar-refractivity contribution in [3.63, 3.8) is 0 Å². The van der Waals surface area contributed by atoms with Gasteiger partial charge in [-0.2, -0.15) is 0 Å². The maximum atomic E-state index is 4.24. The van der Waals surface area contributed by atoms with Gasteiger partial charge in [-0.25, -0.2) is 9.97 Å². The van der Waals surface area contributed by atoms with Gasteiger partial charge in [0.25, 0.3) is 0 Å². The van der Waals surface area contributed by atoms with Crippen molar-refractivity contribution in [2.75, 3.05) is 0 Å². The van der Waals surface area contributed by atoms with Crippen LogP contribution in [0, 0.1) is 0 Å². The normalized spacial score (nSPS) is 19.0. The number of rotatable bonds is 2. The topological polar surface area (TPSA) is 73.9 Å². The quantitative estimate of drug-likeness (QED) is 0.549. The summed E-state index contributed by atoms with van der Waals surface area (Å²) in [6, 6.07) is 1.97. The van der Waals surface area contributed by atoms with Crippen molar-refractivity contribution in [3.05, 3.63) is 48.6 Å². The van der Waals surface area contributed by atoms with Crippen LogP contribution in [-0.4, -0.2) is 9.97 Å². The Morgan fingerprint density at radius 2 is 1.19 bits per heavy atom. The van der Waals surface area contributed by atoms with Gasteiger partial charge in [-0.3, -0.25) is 0 Å². The van der Waals surface area contributed by atoms with Crippen molar-refractivity contribution in [2.45, 2.75) is 12.3 Å². The first-order chi connectivity index (χ1) is 7.93. The fraction of sp³-hybridized carbons (Fsp3) is 0.200. The van der Waals surface area contributed by atoms with E-state index >= 15 is 0 Å². The molecular weight excluding hydrogens is 204 g/mol. The lowest BCUT2D eigenvalue weighted by atomic mass is 10.2. The molecule has 0 atom stereocenters. The lowest BCUT2D eigenvalue weighted by molar-refractivity contribution is 0.562. The zero-order valence-corrected chi connectivity index (χ0v) is 8.51. The minimum atomic E-state index is 0.0381. The van der Waals surface area contributed by atoms with E-state index in [1.807, 2.05) is 30.9 Å². The Labute approximate surface area is 92.9 Å². The van der Waals surface area contributed by atoms with Crippen molar-refractivity contribution >= 4 is 0 Å². The first-order valence-electron chi connectivity index (χ1n) is 5.09. The molecule has 2 aliphatic heterocycles. The molecule has 4 N–H and O–H groups in total. The van der Waals surface area contributed by atoms with Crippen molar-refractivity contribution in [3.8, 4) is 0 Å². The van der Waals surface area contributed by atoms with Crippen LogP contribution in [0.3, 0.4) is 0 Å². The molecule has 3 heterocycles. The van der Waals surface area contributed by atoms with E-state index in [0.717, 1.165) is 11.4 Å². The molecule has 2 aliphatic rings. The second kappa shape index (κ2) is 3.73. The highest BCUT2D eigenvalue weighted by Gasteiger charge is 2.17. The molecule has 0 spiro atoms. The minimum absolute atomic E-state index is 0.0381. The van der Waals surface area contributed by atoms with Gasteiger partial charge in [-0.15, -0.1) is 0 Å². The van der Waals surface area contributed by atoms with E-state index in [2.05, 4.69) is 31.2 Å². The molecule has 0 fully saturated rings. The molecular formula is C10H12N6. The Kier molecular flexibility index (Phi) is 2.10. The van der Waals surface area contributed by atoms with Gasteiger partial charge in [0.15, 0.2) is 0 Å². The van der Waals surface area contributed by atoms with Crippen molar-refractivity contribution in [2.24, 2.45) is 0 Å². The highest BCUT2D eigenvalue weighted by Crippen LogP contribution is 2.15. The maximum Gasteiger partial charge on any atom is 0.140 e. The lowest BCUT2D eigenvalue weighted by Crippen LogP contribution is -2.25. The number of hydrogen-bond donors (Lipinski definition) is 4. The molecule has 0 saturated heterocycles. The fourth-order valence-corrected chi connectivity index (χ4v) is 1.72. The van der Waals surface area contributed by atoms with Crippen LogP contribution in [0.25, 0.3) is 0 Å². The second-order valence-electron chi connectivity index (χ2n) is 3.57. The first-order valence-corrected chi connectivity index (χ1v) is 5.09. The molecule has 0 unspecified atom stereocenters. The van der Waals surface area contributed by atoms with Crippen molar-refractivity contribution in [1.82, 2.24) is 31.2 Å². The zero-order chi connectivity index (χ0) is 10.8. The van der Waals surface area contributed by atoms with Crippen LogP contribution in [0.15, 0.2) is 37.2 Å². The molecule has 0 aromatic carbocycles. The van der Waals surface area contributed by atoms with Gasteiger partial charge < -0.3 is 21.3 Å². The predicted molar refractivity (Wildman–Crippen MR) is 58.3 cm³/mol. The third-order valence-electron chi connectivity index (χ3n) is 2.52. The molecule has 0 amide bonds. The Hall–Kier alpha value is -2.24. The van der Waals surface area contributed by atoms with Gasteiger partial charge in [-0.05, 0) is 6.07 Å². The average molecular weight is 216 g/mol. The standard InChI is InChI=1S/C10H12N6/c1-2-12-9(11-1)7-5-8(16-6-15-7)10-13-3-4-14-10/h1-6,9-14H. The van der Waals surface area contributed by atoms with Crippen molar-refractivity contribution < 1.29 is 0 Å². The molecule has 0 aliphatic carbocycles. The number of hydrogen-bond acceptors (Lipinski definition) is 6. The van der Waals surface area contributed by atoms with Gasteiger partial charge in [-0.1, -0.05) is 0 Å². The molecule has 82 valence electrons. The largest absolute Gasteiger partial charge is 0.365 e. The fourth-order valence-electron chi connectivity index (χ4n) is 1.72. The summed E-state index contributed by atoms with van der Waals surface area (Å²) in [6.07, 6.45) is 9.10. The highest BCUT2D eigenvalue weighted by molar-refractivity contribution is 5.18. The molecule has 16 heavy (non-hydrogen) atoms. The first kappa shape index (κ1) is 9.02. The van der Waals surface area contributed by atoms with E-state index in [1.54, 1.807) is 6.33 Å². The SMILES string of the molecule is C1=CNC(c2cc(C3NC=CN3)ncn2)N1. The summed E-state index contributed by atoms with van der Waals surface area (Å²) in [5, 5.41) is 12.6. The highest BCUT2D eigenvalue weighted by atomic mass is 15.2. The molecule has 0 bridgehead atoms. The zero-order valence-electron chi connectivity index (χ0n) is 8.51. The van der Waals surface area contributed by atoms with Crippen molar-refractivity contribution in [1.29, 1.82) is 0 Å². The number of nitrogens with zero attached hydrogens (tertiary/aromatic N) is 2. The Bertz CT molecular complexity index is 387. The minimum Gasteiger partial charge on any atom is -0.365 e. The van der Waals surface area contributed by atoms with Crippen LogP contribution < -0.4 is 21.3 Å². The van der Waals surface area contributed by atoms with E-state index in [4.69, 9.17) is 0 Å². The smallest absolute Gasteiger partial charge is 0.140 e. The molecule has 0 radical (unpaired) electrons. The van der Waals surface area contributed by atoms with Gasteiger partial charge in [0.05, 0.1) is 11.4 Å². The summed E-state index contributed by atoms with van der Waals surface area (Å²) in [5.74, 6) is 0. The van der Waals surface area contributed by atoms with Crippen LogP contribution in [-0.2, 0) is 0 Å². The van der Waals surface area contributed by atoms with Crippen LogP contribution in [0.2, 0.25) is 0 Å². The molecule has 6 heteroatoms. The summed E-state index contributed by atoms with van der Waals surface area (Å²) >= 11 is 0. The number of aromatic nitrogens is 2. The molecule has 1 aromatic heterocycles. The Morgan fingerprint density at radius 1 is 0.750 bits per heavy atom. The number of nitrogens with one attached hydrogen (secondary N) is 4. The summed E-state index contributed by atoms with van der Waals surface area (Å²) in [4.78, 5) is 8.48. The summed E-state index contributed by atoms with van der Waals surface area (Å²) in [7, 11) is 0. The third kappa shape index (κ3) is 1.54. The van der Waals surface area contributed by atoms with Crippen LogP contribution in [0.4, 0.5) is 0 Å². The van der Waals surface area contributed by atoms with E-state index in [9.17, 15) is 0 Å². The lowest BCUT2D eigenvalue weighted by Gasteiger charge is -2.15. The molecule has 3 rings (SSSR count). The summed E-state index contributed by atoms with van der Waals surface area (Å²) in [6.45, 7) is 0. The summed E-state index contributed by atoms with van der Waals surface area (Å²) in [5.41, 5.74) is 1.84. The second-order valence-corrected chi connectivity index (χ2v) is 3.57. The molecule has 1 aromatic rings. The molecule has 0 saturated carbocycles. The third-order valence-corrected chi connectivity index (χ3v) is 2.52.